The number of rotatable bonds is 5. The fraction of sp³-hybridized carbons (Fsp3) is 0.435. The molecule has 0 saturated heterocycles. The van der Waals surface area contributed by atoms with E-state index in [9.17, 15) is 9.59 Å². The molecule has 4 rings (SSSR count). The molecule has 2 amide bonds. The fourth-order valence-electron chi connectivity index (χ4n) is 4.09. The summed E-state index contributed by atoms with van der Waals surface area (Å²) in [6.45, 7) is 0.0626. The molecule has 1 heterocycles. The summed E-state index contributed by atoms with van der Waals surface area (Å²) >= 11 is 0. The molecule has 0 radical (unpaired) electrons. The van der Waals surface area contributed by atoms with Gasteiger partial charge in [0.1, 0.15) is 5.75 Å². The minimum Gasteiger partial charge on any atom is -0.484 e. The number of carbonyl (C=O) groups excluding carboxylic acids is 2. The Hall–Kier alpha value is -2.89. The normalized spacial score (nSPS) is 17.6. The van der Waals surface area contributed by atoms with E-state index in [1.54, 1.807) is 0 Å². The Kier molecular flexibility index (Phi) is 5.79. The van der Waals surface area contributed by atoms with Gasteiger partial charge in [-0.1, -0.05) is 37.5 Å². The van der Waals surface area contributed by atoms with Gasteiger partial charge in [0.15, 0.2) is 6.61 Å². The van der Waals surface area contributed by atoms with Gasteiger partial charge < -0.3 is 9.64 Å². The second-order valence-electron chi connectivity index (χ2n) is 7.90. The van der Waals surface area contributed by atoms with E-state index in [1.165, 1.54) is 19.3 Å². The van der Waals surface area contributed by atoms with Crippen LogP contribution in [0, 0.1) is 0 Å². The molecule has 2 aliphatic rings. The highest BCUT2D eigenvalue weighted by molar-refractivity contribution is 6.06. The molecule has 1 aliphatic carbocycles. The van der Waals surface area contributed by atoms with Crippen LogP contribution in [0.4, 0.5) is 0 Å². The maximum Gasteiger partial charge on any atom is 0.260 e. The summed E-state index contributed by atoms with van der Waals surface area (Å²) in [5, 5.41) is 6.27. The summed E-state index contributed by atoms with van der Waals surface area (Å²) in [6, 6.07) is 12.3. The van der Waals surface area contributed by atoms with Gasteiger partial charge in [0, 0.05) is 25.9 Å². The Balaban J connectivity index is 1.40. The molecular formula is C23H27N3O3. The van der Waals surface area contributed by atoms with Gasteiger partial charge in [-0.3, -0.25) is 9.59 Å². The van der Waals surface area contributed by atoms with Crippen molar-refractivity contribution in [1.29, 1.82) is 0 Å². The van der Waals surface area contributed by atoms with Crippen LogP contribution in [0.2, 0.25) is 0 Å². The Morgan fingerprint density at radius 3 is 2.62 bits per heavy atom. The predicted octanol–water partition coefficient (Wildman–Crippen LogP) is 3.62. The van der Waals surface area contributed by atoms with E-state index in [0.29, 0.717) is 24.6 Å². The minimum atomic E-state index is -0.0417. The van der Waals surface area contributed by atoms with E-state index < -0.39 is 0 Å². The van der Waals surface area contributed by atoms with Gasteiger partial charge in [-0.05, 0) is 47.4 Å². The van der Waals surface area contributed by atoms with Gasteiger partial charge in [-0.15, -0.1) is 0 Å². The molecule has 1 aliphatic heterocycles. The standard InChI is InChI=1S/C23H27N3O3/c1-26(19-5-3-2-4-6-19)23(28)15-29-20-10-9-16-13-18(8-7-17(16)14-20)21-11-12-22(27)25-24-21/h7-10,13-14,19H,2-6,11-12,15H2,1H3,(H,25,27). The van der Waals surface area contributed by atoms with Crippen LogP contribution in [0.3, 0.4) is 0 Å². The van der Waals surface area contributed by atoms with E-state index in [1.807, 2.05) is 42.3 Å². The number of hydrogen-bond acceptors (Lipinski definition) is 4. The van der Waals surface area contributed by atoms with E-state index >= 15 is 0 Å². The minimum absolute atomic E-state index is 0.0321. The number of hydrazone groups is 1. The van der Waals surface area contributed by atoms with Crippen LogP contribution in [0.1, 0.15) is 50.5 Å². The lowest BCUT2D eigenvalue weighted by Crippen LogP contribution is -2.40. The summed E-state index contributed by atoms with van der Waals surface area (Å²) in [5.41, 5.74) is 4.44. The summed E-state index contributed by atoms with van der Waals surface area (Å²) in [6.07, 6.45) is 6.98. The third-order valence-electron chi connectivity index (χ3n) is 5.93. The van der Waals surface area contributed by atoms with Gasteiger partial charge >= 0.3 is 0 Å². The average molecular weight is 393 g/mol. The van der Waals surface area contributed by atoms with Crippen LogP contribution >= 0.6 is 0 Å². The number of ether oxygens (including phenoxy) is 1. The highest BCUT2D eigenvalue weighted by atomic mass is 16.5. The summed E-state index contributed by atoms with van der Waals surface area (Å²) in [5.74, 6) is 0.683. The Labute approximate surface area is 170 Å². The Morgan fingerprint density at radius 1 is 1.10 bits per heavy atom. The maximum absolute atomic E-state index is 12.5. The van der Waals surface area contributed by atoms with Crippen LogP contribution in [-0.4, -0.2) is 42.1 Å². The fourth-order valence-corrected chi connectivity index (χ4v) is 4.09. The number of likely N-dealkylation sites (N-methyl/N-ethyl adjacent to an activating group) is 1. The summed E-state index contributed by atoms with van der Waals surface area (Å²) in [4.78, 5) is 25.6. The zero-order valence-electron chi connectivity index (χ0n) is 16.8. The highest BCUT2D eigenvalue weighted by Crippen LogP contribution is 2.24. The molecule has 29 heavy (non-hydrogen) atoms. The third kappa shape index (κ3) is 4.58. The topological polar surface area (TPSA) is 71.0 Å². The van der Waals surface area contributed by atoms with Crippen molar-refractivity contribution >= 4 is 28.3 Å². The summed E-state index contributed by atoms with van der Waals surface area (Å²) in [7, 11) is 1.89. The van der Waals surface area contributed by atoms with Gasteiger partial charge in [0.05, 0.1) is 5.71 Å². The van der Waals surface area contributed by atoms with E-state index in [4.69, 9.17) is 4.74 Å². The lowest BCUT2D eigenvalue weighted by Gasteiger charge is -2.31. The lowest BCUT2D eigenvalue weighted by molar-refractivity contribution is -0.134. The molecule has 1 N–H and O–H groups in total. The van der Waals surface area contributed by atoms with E-state index in [-0.39, 0.29) is 18.4 Å². The molecule has 1 fully saturated rings. The first-order valence-electron chi connectivity index (χ1n) is 10.4. The number of amides is 2. The first-order chi connectivity index (χ1) is 14.1. The van der Waals surface area contributed by atoms with Crippen molar-refractivity contribution in [3.05, 3.63) is 42.0 Å². The molecular weight excluding hydrogens is 366 g/mol. The van der Waals surface area contributed by atoms with Crippen LogP contribution in [0.25, 0.3) is 10.8 Å². The number of benzene rings is 2. The smallest absolute Gasteiger partial charge is 0.260 e. The zero-order chi connectivity index (χ0) is 20.2. The van der Waals surface area contributed by atoms with Crippen LogP contribution in [-0.2, 0) is 9.59 Å². The molecule has 152 valence electrons. The van der Waals surface area contributed by atoms with Gasteiger partial charge in [-0.2, -0.15) is 5.10 Å². The van der Waals surface area contributed by atoms with Crippen LogP contribution in [0.5, 0.6) is 5.75 Å². The van der Waals surface area contributed by atoms with Crippen molar-refractivity contribution in [2.75, 3.05) is 13.7 Å². The second-order valence-corrected chi connectivity index (χ2v) is 7.90. The van der Waals surface area contributed by atoms with Gasteiger partial charge in [-0.25, -0.2) is 5.43 Å². The largest absolute Gasteiger partial charge is 0.484 e. The monoisotopic (exact) mass is 393 g/mol. The van der Waals surface area contributed by atoms with E-state index in [0.717, 1.165) is 34.9 Å². The van der Waals surface area contributed by atoms with E-state index in [2.05, 4.69) is 16.6 Å². The van der Waals surface area contributed by atoms with Crippen molar-refractivity contribution in [2.45, 2.75) is 51.0 Å². The quantitative estimate of drug-likeness (QED) is 0.843. The molecule has 2 aromatic rings. The van der Waals surface area contributed by atoms with Crippen molar-refractivity contribution in [3.8, 4) is 5.75 Å². The number of fused-ring (bicyclic) bond motifs is 1. The molecule has 6 nitrogen and oxygen atoms in total. The molecule has 6 heteroatoms. The number of nitrogens with one attached hydrogen (secondary N) is 1. The molecule has 0 bridgehead atoms. The molecule has 1 saturated carbocycles. The van der Waals surface area contributed by atoms with Crippen LogP contribution in [0.15, 0.2) is 41.5 Å². The molecule has 0 aromatic heterocycles. The molecule has 0 spiro atoms. The first kappa shape index (κ1) is 19.4. The van der Waals surface area contributed by atoms with Gasteiger partial charge in [0.25, 0.3) is 5.91 Å². The number of hydrogen-bond donors (Lipinski definition) is 1. The number of carbonyl (C=O) groups is 2. The van der Waals surface area contributed by atoms with Crippen molar-refractivity contribution in [2.24, 2.45) is 5.10 Å². The van der Waals surface area contributed by atoms with Crippen molar-refractivity contribution < 1.29 is 14.3 Å². The predicted molar refractivity (Wildman–Crippen MR) is 113 cm³/mol. The highest BCUT2D eigenvalue weighted by Gasteiger charge is 2.22. The lowest BCUT2D eigenvalue weighted by atomic mass is 9.94. The average Bonchev–Trinajstić information content (AvgIpc) is 2.77. The molecule has 2 aromatic carbocycles. The third-order valence-corrected chi connectivity index (χ3v) is 5.93. The number of nitrogens with zero attached hydrogens (tertiary/aromatic N) is 2. The van der Waals surface area contributed by atoms with Crippen molar-refractivity contribution in [3.63, 3.8) is 0 Å². The Morgan fingerprint density at radius 2 is 1.86 bits per heavy atom. The Bertz CT molecular complexity index is 948. The molecule has 0 atom stereocenters. The molecule has 0 unspecified atom stereocenters. The second kappa shape index (κ2) is 8.64. The zero-order valence-corrected chi connectivity index (χ0v) is 16.8. The van der Waals surface area contributed by atoms with Crippen LogP contribution < -0.4 is 10.2 Å². The first-order valence-corrected chi connectivity index (χ1v) is 10.4. The summed E-state index contributed by atoms with van der Waals surface area (Å²) < 4.78 is 5.78. The van der Waals surface area contributed by atoms with Gasteiger partial charge in [0.2, 0.25) is 5.91 Å². The maximum atomic E-state index is 12.5. The SMILES string of the molecule is CN(C(=O)COc1ccc2cc(C3=NNC(=O)CC3)ccc2c1)C1CCCCC1. The van der Waals surface area contributed by atoms with Crippen molar-refractivity contribution in [1.82, 2.24) is 10.3 Å².